The lowest BCUT2D eigenvalue weighted by atomic mass is 10.0. The van der Waals surface area contributed by atoms with Crippen molar-refractivity contribution < 1.29 is 14.7 Å². The van der Waals surface area contributed by atoms with E-state index in [-0.39, 0.29) is 17.4 Å². The van der Waals surface area contributed by atoms with Gasteiger partial charge >= 0.3 is 0 Å². The van der Waals surface area contributed by atoms with Crippen LogP contribution in [-0.2, 0) is 0 Å². The number of hydrogen-bond acceptors (Lipinski definition) is 3. The van der Waals surface area contributed by atoms with E-state index >= 15 is 0 Å². The van der Waals surface area contributed by atoms with E-state index in [1.165, 1.54) is 89.2 Å². The molecule has 0 unspecified atom stereocenters. The predicted octanol–water partition coefficient (Wildman–Crippen LogP) is 8.70. The number of phenolic OH excluding ortho intramolecular Hbond substituents is 1. The number of anilines is 1. The third-order valence-electron chi connectivity index (χ3n) is 6.35. The number of carbonyl (C=O) groups excluding carboxylic acids is 2. The quantitative estimate of drug-likeness (QED) is 0.171. The van der Waals surface area contributed by atoms with Gasteiger partial charge in [0.2, 0.25) is 0 Å². The highest BCUT2D eigenvalue weighted by molar-refractivity contribution is 6.04. The maximum atomic E-state index is 12.4. The number of phenols is 1. The van der Waals surface area contributed by atoms with Gasteiger partial charge in [-0.2, -0.15) is 0 Å². The van der Waals surface area contributed by atoms with Crippen molar-refractivity contribution in [3.63, 3.8) is 0 Å². The summed E-state index contributed by atoms with van der Waals surface area (Å²) in [6.45, 7) is 2.27. The Morgan fingerprint density at radius 3 is 1.56 bits per heavy atom. The van der Waals surface area contributed by atoms with Crippen LogP contribution >= 0.6 is 0 Å². The van der Waals surface area contributed by atoms with E-state index in [2.05, 4.69) is 12.2 Å². The first kappa shape index (κ1) is 27.6. The summed E-state index contributed by atoms with van der Waals surface area (Å²) in [5.41, 5.74) is 1.80. The molecule has 0 saturated carbocycles. The zero-order chi connectivity index (χ0) is 24.4. The van der Waals surface area contributed by atoms with Crippen LogP contribution in [0.15, 0.2) is 48.5 Å². The van der Waals surface area contributed by atoms with Crippen molar-refractivity contribution in [2.75, 3.05) is 5.32 Å². The maximum Gasteiger partial charge on any atom is 0.255 e. The lowest BCUT2D eigenvalue weighted by molar-refractivity contribution is 0.0978. The van der Waals surface area contributed by atoms with Gasteiger partial charge in [-0.05, 0) is 55.0 Å². The highest BCUT2D eigenvalue weighted by Crippen LogP contribution is 2.17. The molecule has 2 aromatic carbocycles. The van der Waals surface area contributed by atoms with Gasteiger partial charge < -0.3 is 10.4 Å². The second kappa shape index (κ2) is 16.9. The third kappa shape index (κ3) is 11.5. The molecule has 0 bridgehead atoms. The molecule has 4 nitrogen and oxygen atoms in total. The molecule has 0 saturated heterocycles. The molecule has 0 spiro atoms. The molecule has 0 radical (unpaired) electrons. The van der Waals surface area contributed by atoms with E-state index in [9.17, 15) is 14.7 Å². The van der Waals surface area contributed by atoms with E-state index in [1.54, 1.807) is 36.4 Å². The van der Waals surface area contributed by atoms with Crippen LogP contribution in [0.5, 0.6) is 5.75 Å². The first-order chi connectivity index (χ1) is 16.6. The number of hydrogen-bond donors (Lipinski definition) is 2. The van der Waals surface area contributed by atoms with Crippen molar-refractivity contribution in [3.05, 3.63) is 59.7 Å². The monoisotopic (exact) mass is 465 g/mol. The van der Waals surface area contributed by atoms with Gasteiger partial charge in [-0.1, -0.05) is 90.4 Å². The minimum Gasteiger partial charge on any atom is -0.508 e. The van der Waals surface area contributed by atoms with Crippen LogP contribution in [0.1, 0.15) is 124 Å². The molecule has 2 aromatic rings. The Hall–Kier alpha value is -2.62. The van der Waals surface area contributed by atoms with Crippen LogP contribution in [0.25, 0.3) is 0 Å². The number of ketones is 1. The van der Waals surface area contributed by atoms with Crippen LogP contribution in [0, 0.1) is 0 Å². The van der Waals surface area contributed by atoms with E-state index < -0.39 is 0 Å². The number of Topliss-reactive ketones (excluding diaryl/α,β-unsaturated/α-hetero) is 1. The Morgan fingerprint density at radius 1 is 0.618 bits per heavy atom. The SMILES string of the molecule is CCCCCCCCCCCCCCCCC(=O)c1ccc(NC(=O)c2ccc(O)cc2)cc1. The number of rotatable bonds is 18. The molecule has 0 aliphatic rings. The van der Waals surface area contributed by atoms with Crippen LogP contribution < -0.4 is 5.32 Å². The summed E-state index contributed by atoms with van der Waals surface area (Å²) in [4.78, 5) is 24.7. The second-order valence-electron chi connectivity index (χ2n) is 9.35. The molecule has 34 heavy (non-hydrogen) atoms. The smallest absolute Gasteiger partial charge is 0.255 e. The molecule has 0 fully saturated rings. The number of nitrogens with one attached hydrogen (secondary N) is 1. The van der Waals surface area contributed by atoms with Crippen molar-refractivity contribution in [1.82, 2.24) is 0 Å². The van der Waals surface area contributed by atoms with Crippen LogP contribution in [0.4, 0.5) is 5.69 Å². The van der Waals surface area contributed by atoms with Gasteiger partial charge in [-0.15, -0.1) is 0 Å². The minimum absolute atomic E-state index is 0.123. The van der Waals surface area contributed by atoms with Crippen LogP contribution in [-0.4, -0.2) is 16.8 Å². The summed E-state index contributed by atoms with van der Waals surface area (Å²) in [7, 11) is 0. The molecule has 0 aliphatic heterocycles. The van der Waals surface area contributed by atoms with Crippen molar-refractivity contribution in [1.29, 1.82) is 0 Å². The lowest BCUT2D eigenvalue weighted by Crippen LogP contribution is -2.11. The predicted molar refractivity (Wildman–Crippen MR) is 142 cm³/mol. The van der Waals surface area contributed by atoms with E-state index in [0.29, 0.717) is 23.2 Å². The standard InChI is InChI=1S/C30H43NO3/c1-2-3-4-5-6-7-8-9-10-11-12-13-14-15-16-29(33)25-17-21-27(22-18-25)31-30(34)26-19-23-28(32)24-20-26/h17-24,32H,2-16H2,1H3,(H,31,34). The van der Waals surface area contributed by atoms with Gasteiger partial charge in [0.05, 0.1) is 0 Å². The Balaban J connectivity index is 1.51. The molecular formula is C30H43NO3. The summed E-state index contributed by atoms with van der Waals surface area (Å²) in [6.07, 6.45) is 18.9. The summed E-state index contributed by atoms with van der Waals surface area (Å²) in [5.74, 6) is 0.0371. The summed E-state index contributed by atoms with van der Waals surface area (Å²) >= 11 is 0. The average molecular weight is 466 g/mol. The fourth-order valence-corrected chi connectivity index (χ4v) is 4.18. The fraction of sp³-hybridized carbons (Fsp3) is 0.533. The van der Waals surface area contributed by atoms with E-state index in [1.807, 2.05) is 0 Å². The molecule has 0 heterocycles. The largest absolute Gasteiger partial charge is 0.508 e. The number of carbonyl (C=O) groups is 2. The van der Waals surface area contributed by atoms with Gasteiger partial charge in [0.15, 0.2) is 5.78 Å². The van der Waals surface area contributed by atoms with Crippen molar-refractivity contribution in [3.8, 4) is 5.75 Å². The van der Waals surface area contributed by atoms with Gasteiger partial charge in [0.1, 0.15) is 5.75 Å². The number of aromatic hydroxyl groups is 1. The molecule has 4 heteroatoms. The highest BCUT2D eigenvalue weighted by atomic mass is 16.3. The molecule has 2 rings (SSSR count). The van der Waals surface area contributed by atoms with Gasteiger partial charge in [0.25, 0.3) is 5.91 Å². The minimum atomic E-state index is -0.249. The Morgan fingerprint density at radius 2 is 1.06 bits per heavy atom. The molecule has 0 aliphatic carbocycles. The first-order valence-electron chi connectivity index (χ1n) is 13.3. The summed E-state index contributed by atoms with van der Waals surface area (Å²) in [6, 6.07) is 13.2. The van der Waals surface area contributed by atoms with Crippen molar-refractivity contribution in [2.45, 2.75) is 103 Å². The van der Waals surface area contributed by atoms with Crippen molar-refractivity contribution >= 4 is 17.4 Å². The highest BCUT2D eigenvalue weighted by Gasteiger charge is 2.08. The fourth-order valence-electron chi connectivity index (χ4n) is 4.18. The van der Waals surface area contributed by atoms with Crippen molar-refractivity contribution in [2.24, 2.45) is 0 Å². The molecule has 0 atom stereocenters. The molecular weight excluding hydrogens is 422 g/mol. The molecule has 0 aromatic heterocycles. The zero-order valence-electron chi connectivity index (χ0n) is 21.0. The van der Waals surface area contributed by atoms with Gasteiger partial charge in [0, 0.05) is 23.2 Å². The van der Waals surface area contributed by atoms with E-state index in [0.717, 1.165) is 12.8 Å². The number of benzene rings is 2. The van der Waals surface area contributed by atoms with Gasteiger partial charge in [-0.3, -0.25) is 9.59 Å². The van der Waals surface area contributed by atoms with Crippen LogP contribution in [0.2, 0.25) is 0 Å². The van der Waals surface area contributed by atoms with Crippen LogP contribution in [0.3, 0.4) is 0 Å². The third-order valence-corrected chi connectivity index (χ3v) is 6.35. The number of unbranched alkanes of at least 4 members (excludes halogenated alkanes) is 13. The Kier molecular flexibility index (Phi) is 13.7. The summed E-state index contributed by atoms with van der Waals surface area (Å²) in [5, 5.41) is 12.1. The zero-order valence-corrected chi connectivity index (χ0v) is 21.0. The molecule has 2 N–H and O–H groups in total. The van der Waals surface area contributed by atoms with Gasteiger partial charge in [-0.25, -0.2) is 0 Å². The van der Waals surface area contributed by atoms with E-state index in [4.69, 9.17) is 0 Å². The topological polar surface area (TPSA) is 66.4 Å². The lowest BCUT2D eigenvalue weighted by Gasteiger charge is -2.07. The summed E-state index contributed by atoms with van der Waals surface area (Å²) < 4.78 is 0. The Bertz CT molecular complexity index is 827. The first-order valence-corrected chi connectivity index (χ1v) is 13.3. The molecule has 186 valence electrons. The normalized spacial score (nSPS) is 10.9. The second-order valence-corrected chi connectivity index (χ2v) is 9.35. The Labute approximate surface area is 206 Å². The maximum absolute atomic E-state index is 12.4. The molecule has 1 amide bonds. The number of amides is 1. The average Bonchev–Trinajstić information content (AvgIpc) is 2.85.